The van der Waals surface area contributed by atoms with Crippen LogP contribution in [0, 0.1) is 11.3 Å². The highest BCUT2D eigenvalue weighted by atomic mass is 79.9. The van der Waals surface area contributed by atoms with Gasteiger partial charge in [-0.05, 0) is 24.6 Å². The first kappa shape index (κ1) is 17.0. The van der Waals surface area contributed by atoms with E-state index in [2.05, 4.69) is 22.0 Å². The third-order valence-electron chi connectivity index (χ3n) is 4.07. The van der Waals surface area contributed by atoms with Gasteiger partial charge in [-0.15, -0.1) is 0 Å². The summed E-state index contributed by atoms with van der Waals surface area (Å²) >= 11 is 3.44. The van der Waals surface area contributed by atoms with Crippen LogP contribution in [-0.2, 0) is 4.74 Å². The van der Waals surface area contributed by atoms with Crippen molar-refractivity contribution in [3.63, 3.8) is 0 Å². The summed E-state index contributed by atoms with van der Waals surface area (Å²) in [7, 11) is 0. The van der Waals surface area contributed by atoms with Crippen LogP contribution < -0.4 is 5.73 Å². The van der Waals surface area contributed by atoms with E-state index >= 15 is 0 Å². The van der Waals surface area contributed by atoms with Gasteiger partial charge in [0.05, 0.1) is 11.5 Å². The van der Waals surface area contributed by atoms with Gasteiger partial charge < -0.3 is 10.5 Å². The molecule has 4 nitrogen and oxygen atoms in total. The van der Waals surface area contributed by atoms with Gasteiger partial charge in [-0.3, -0.25) is 4.79 Å². The number of carbonyl (C=O) groups excluding carboxylic acids is 1. The molecule has 1 atom stereocenters. The molecule has 0 fully saturated rings. The first-order valence-electron chi connectivity index (χ1n) is 7.66. The molecule has 0 radical (unpaired) electrons. The van der Waals surface area contributed by atoms with Crippen molar-refractivity contribution in [3.05, 3.63) is 93.0 Å². The zero-order valence-electron chi connectivity index (χ0n) is 13.5. The lowest BCUT2D eigenvalue weighted by molar-refractivity contribution is 0.101. The van der Waals surface area contributed by atoms with Crippen molar-refractivity contribution >= 4 is 21.7 Å². The van der Waals surface area contributed by atoms with Crippen LogP contribution in [0.1, 0.15) is 28.8 Å². The quantitative estimate of drug-likeness (QED) is 0.781. The number of ether oxygens (including phenoxy) is 1. The van der Waals surface area contributed by atoms with Crippen molar-refractivity contribution in [2.45, 2.75) is 12.8 Å². The van der Waals surface area contributed by atoms with Crippen molar-refractivity contribution in [1.29, 1.82) is 5.26 Å². The summed E-state index contributed by atoms with van der Waals surface area (Å²) in [5.74, 6) is -0.294. The number of nitriles is 1. The Morgan fingerprint density at radius 3 is 2.56 bits per heavy atom. The maximum absolute atomic E-state index is 13.1. The minimum Gasteiger partial charge on any atom is -0.445 e. The van der Waals surface area contributed by atoms with Gasteiger partial charge in [-0.2, -0.15) is 5.26 Å². The predicted octanol–water partition coefficient (Wildman–Crippen LogP) is 4.41. The van der Waals surface area contributed by atoms with Gasteiger partial charge >= 0.3 is 0 Å². The number of ketones is 1. The second-order valence-electron chi connectivity index (χ2n) is 5.64. The Morgan fingerprint density at radius 1 is 1.20 bits per heavy atom. The number of halogens is 1. The van der Waals surface area contributed by atoms with E-state index in [0.29, 0.717) is 16.9 Å². The van der Waals surface area contributed by atoms with E-state index in [1.807, 2.05) is 30.3 Å². The third kappa shape index (κ3) is 3.21. The molecule has 0 amide bonds. The Hall–Kier alpha value is -2.84. The number of allylic oxidation sites excluding steroid dienone is 3. The molecule has 124 valence electrons. The van der Waals surface area contributed by atoms with E-state index in [1.54, 1.807) is 31.2 Å². The van der Waals surface area contributed by atoms with Gasteiger partial charge in [-0.1, -0.05) is 58.4 Å². The molecule has 0 aromatic heterocycles. The fourth-order valence-corrected chi connectivity index (χ4v) is 3.36. The van der Waals surface area contributed by atoms with Crippen LogP contribution in [0.15, 0.2) is 81.9 Å². The molecular formula is C20H15BrN2O2. The molecule has 0 saturated carbocycles. The van der Waals surface area contributed by atoms with E-state index in [1.165, 1.54) is 0 Å². The van der Waals surface area contributed by atoms with Gasteiger partial charge in [0.2, 0.25) is 5.88 Å². The number of nitrogens with two attached hydrogens (primary N) is 1. The van der Waals surface area contributed by atoms with Crippen LogP contribution in [0.25, 0.3) is 0 Å². The Morgan fingerprint density at radius 2 is 1.92 bits per heavy atom. The molecule has 0 aliphatic carbocycles. The lowest BCUT2D eigenvalue weighted by Gasteiger charge is -2.27. The highest BCUT2D eigenvalue weighted by molar-refractivity contribution is 9.10. The largest absolute Gasteiger partial charge is 0.445 e. The average Bonchev–Trinajstić information content (AvgIpc) is 2.61. The summed E-state index contributed by atoms with van der Waals surface area (Å²) in [5, 5.41) is 9.61. The van der Waals surface area contributed by atoms with Gasteiger partial charge in [0.25, 0.3) is 0 Å². The van der Waals surface area contributed by atoms with Crippen LogP contribution >= 0.6 is 15.9 Å². The molecule has 1 aliphatic heterocycles. The lowest BCUT2D eigenvalue weighted by Crippen LogP contribution is -2.24. The standard InChI is InChI=1S/C20H15BrN2O2/c1-12-17(19(24)13-6-3-2-4-7-13)18(16(11-22)20(23)25-12)14-8-5-9-15(21)10-14/h2-10,18H,23H2,1H3/t18-/m1/s1. The fourth-order valence-electron chi connectivity index (χ4n) is 2.94. The molecule has 2 aromatic rings. The molecule has 2 aromatic carbocycles. The van der Waals surface area contributed by atoms with Gasteiger partial charge in [0.15, 0.2) is 5.78 Å². The first-order valence-corrected chi connectivity index (χ1v) is 8.45. The highest BCUT2D eigenvalue weighted by Crippen LogP contribution is 2.40. The summed E-state index contributed by atoms with van der Waals surface area (Å²) in [5.41, 5.74) is 7.93. The number of nitrogens with zero attached hydrogens (tertiary/aromatic N) is 1. The molecule has 0 bridgehead atoms. The van der Waals surface area contributed by atoms with Crippen LogP contribution in [-0.4, -0.2) is 5.78 Å². The molecular weight excluding hydrogens is 380 g/mol. The van der Waals surface area contributed by atoms with Crippen LogP contribution in [0.4, 0.5) is 0 Å². The molecule has 2 N–H and O–H groups in total. The molecule has 3 rings (SSSR count). The summed E-state index contributed by atoms with van der Waals surface area (Å²) in [6.45, 7) is 1.70. The second kappa shape index (κ2) is 6.96. The molecule has 0 saturated heterocycles. The minimum atomic E-state index is -0.566. The molecule has 25 heavy (non-hydrogen) atoms. The van der Waals surface area contributed by atoms with Gasteiger partial charge in [-0.25, -0.2) is 0 Å². The molecule has 1 aliphatic rings. The number of hydrogen-bond acceptors (Lipinski definition) is 4. The highest BCUT2D eigenvalue weighted by Gasteiger charge is 2.35. The van der Waals surface area contributed by atoms with Crippen molar-refractivity contribution in [2.24, 2.45) is 5.73 Å². The summed E-state index contributed by atoms with van der Waals surface area (Å²) in [4.78, 5) is 13.1. The van der Waals surface area contributed by atoms with Crippen LogP contribution in [0.2, 0.25) is 0 Å². The third-order valence-corrected chi connectivity index (χ3v) is 4.56. The zero-order valence-corrected chi connectivity index (χ0v) is 15.1. The Bertz CT molecular complexity index is 940. The van der Waals surface area contributed by atoms with E-state index in [4.69, 9.17) is 10.5 Å². The SMILES string of the molecule is CC1=C(C(=O)c2ccccc2)[C@H](c2cccc(Br)c2)C(C#N)=C(N)O1. The predicted molar refractivity (Wildman–Crippen MR) is 98.3 cm³/mol. The smallest absolute Gasteiger partial charge is 0.205 e. The number of Topliss-reactive ketones (excluding diaryl/α,β-unsaturated/α-hetero) is 1. The van der Waals surface area contributed by atoms with E-state index < -0.39 is 5.92 Å². The minimum absolute atomic E-state index is 0.0367. The van der Waals surface area contributed by atoms with Crippen molar-refractivity contribution < 1.29 is 9.53 Å². The maximum Gasteiger partial charge on any atom is 0.205 e. The summed E-state index contributed by atoms with van der Waals surface area (Å²) < 4.78 is 6.37. The number of hydrogen-bond donors (Lipinski definition) is 1. The molecule has 0 unspecified atom stereocenters. The maximum atomic E-state index is 13.1. The van der Waals surface area contributed by atoms with E-state index in [9.17, 15) is 10.1 Å². The zero-order chi connectivity index (χ0) is 18.0. The van der Waals surface area contributed by atoms with Crippen molar-refractivity contribution in [3.8, 4) is 6.07 Å². The molecule has 5 heteroatoms. The monoisotopic (exact) mass is 394 g/mol. The molecule has 0 spiro atoms. The average molecular weight is 395 g/mol. The summed E-state index contributed by atoms with van der Waals surface area (Å²) in [6.07, 6.45) is 0. The topological polar surface area (TPSA) is 76.1 Å². The van der Waals surface area contributed by atoms with Crippen molar-refractivity contribution in [2.75, 3.05) is 0 Å². The van der Waals surface area contributed by atoms with Crippen LogP contribution in [0.3, 0.4) is 0 Å². The number of carbonyl (C=O) groups is 1. The lowest BCUT2D eigenvalue weighted by atomic mass is 9.80. The Labute approximate surface area is 154 Å². The van der Waals surface area contributed by atoms with E-state index in [0.717, 1.165) is 10.0 Å². The van der Waals surface area contributed by atoms with Gasteiger partial charge in [0, 0.05) is 10.0 Å². The second-order valence-corrected chi connectivity index (χ2v) is 6.56. The Balaban J connectivity index is 2.19. The van der Waals surface area contributed by atoms with E-state index in [-0.39, 0.29) is 17.2 Å². The van der Waals surface area contributed by atoms with Gasteiger partial charge in [0.1, 0.15) is 17.4 Å². The van der Waals surface area contributed by atoms with Crippen LogP contribution in [0.5, 0.6) is 0 Å². The first-order chi connectivity index (χ1) is 12.0. The fraction of sp³-hybridized carbons (Fsp3) is 0.100. The number of benzene rings is 2. The van der Waals surface area contributed by atoms with Crippen molar-refractivity contribution in [1.82, 2.24) is 0 Å². The normalized spacial score (nSPS) is 17.1. The number of rotatable bonds is 3. The Kier molecular flexibility index (Phi) is 4.73. The molecule has 1 heterocycles. The summed E-state index contributed by atoms with van der Waals surface area (Å²) in [6, 6.07) is 18.5.